The Morgan fingerprint density at radius 3 is 2.59 bits per heavy atom. The Morgan fingerprint density at radius 2 is 1.94 bits per heavy atom. The molecule has 2 nitrogen and oxygen atoms in total. The summed E-state index contributed by atoms with van der Waals surface area (Å²) in [5.41, 5.74) is 2.19. The van der Waals surface area contributed by atoms with E-state index in [1.54, 1.807) is 0 Å². The van der Waals surface area contributed by atoms with Crippen LogP contribution in [0.2, 0.25) is 0 Å². The van der Waals surface area contributed by atoms with Crippen molar-refractivity contribution in [2.75, 3.05) is 18.0 Å². The SMILES string of the molecule is OC1(Cc2c(Br)cccc2N2CCCC2)CC1. The first kappa shape index (κ1) is 11.5. The molecule has 3 rings (SSSR count). The second kappa shape index (κ2) is 4.29. The van der Waals surface area contributed by atoms with Gasteiger partial charge in [0.05, 0.1) is 5.60 Å². The van der Waals surface area contributed by atoms with Crippen LogP contribution in [0.1, 0.15) is 31.2 Å². The molecule has 2 fully saturated rings. The number of rotatable bonds is 3. The molecule has 1 aromatic carbocycles. The number of halogens is 1. The Kier molecular flexibility index (Phi) is 2.91. The molecule has 0 radical (unpaired) electrons. The van der Waals surface area contributed by atoms with E-state index in [0.29, 0.717) is 0 Å². The summed E-state index contributed by atoms with van der Waals surface area (Å²) < 4.78 is 1.14. The second-order valence-corrected chi connectivity index (χ2v) is 6.19. The van der Waals surface area contributed by atoms with Gasteiger partial charge >= 0.3 is 0 Å². The Hall–Kier alpha value is -0.540. The fraction of sp³-hybridized carbons (Fsp3) is 0.571. The van der Waals surface area contributed by atoms with Gasteiger partial charge in [-0.3, -0.25) is 0 Å². The molecule has 1 aliphatic carbocycles. The smallest absolute Gasteiger partial charge is 0.0691 e. The maximum absolute atomic E-state index is 10.1. The third-order valence-corrected chi connectivity index (χ3v) is 4.62. The highest BCUT2D eigenvalue weighted by Gasteiger charge is 2.41. The van der Waals surface area contributed by atoms with E-state index in [9.17, 15) is 5.11 Å². The van der Waals surface area contributed by atoms with Crippen LogP contribution in [-0.4, -0.2) is 23.8 Å². The summed E-state index contributed by atoms with van der Waals surface area (Å²) in [4.78, 5) is 2.45. The van der Waals surface area contributed by atoms with Crippen molar-refractivity contribution in [3.8, 4) is 0 Å². The zero-order valence-corrected chi connectivity index (χ0v) is 11.5. The van der Waals surface area contributed by atoms with Gasteiger partial charge in [0.1, 0.15) is 0 Å². The number of aliphatic hydroxyl groups is 1. The van der Waals surface area contributed by atoms with Crippen LogP contribution in [0.3, 0.4) is 0 Å². The predicted octanol–water partition coefficient (Wildman–Crippen LogP) is 3.12. The summed E-state index contributed by atoms with van der Waals surface area (Å²) in [7, 11) is 0. The number of hydrogen-bond donors (Lipinski definition) is 1. The van der Waals surface area contributed by atoms with Gasteiger partial charge in [0.2, 0.25) is 0 Å². The number of benzene rings is 1. The van der Waals surface area contributed by atoms with E-state index in [4.69, 9.17) is 0 Å². The van der Waals surface area contributed by atoms with Crippen molar-refractivity contribution >= 4 is 21.6 Å². The van der Waals surface area contributed by atoms with Gasteiger partial charge in [0.25, 0.3) is 0 Å². The van der Waals surface area contributed by atoms with Gasteiger partial charge in [-0.05, 0) is 43.4 Å². The van der Waals surface area contributed by atoms with E-state index >= 15 is 0 Å². The summed E-state index contributed by atoms with van der Waals surface area (Å²) in [6.07, 6.45) is 5.27. The molecule has 2 aliphatic rings. The van der Waals surface area contributed by atoms with Crippen LogP contribution in [0, 0.1) is 0 Å². The van der Waals surface area contributed by atoms with Gasteiger partial charge in [-0.1, -0.05) is 22.0 Å². The average Bonchev–Trinajstić information content (AvgIpc) is 2.82. The van der Waals surface area contributed by atoms with Crippen LogP contribution < -0.4 is 4.90 Å². The predicted molar refractivity (Wildman–Crippen MR) is 73.5 cm³/mol. The highest BCUT2D eigenvalue weighted by molar-refractivity contribution is 9.10. The highest BCUT2D eigenvalue weighted by atomic mass is 79.9. The molecule has 0 atom stereocenters. The fourth-order valence-corrected chi connectivity index (χ4v) is 3.12. The summed E-state index contributed by atoms with van der Waals surface area (Å²) in [6.45, 7) is 2.31. The Morgan fingerprint density at radius 1 is 1.24 bits per heavy atom. The lowest BCUT2D eigenvalue weighted by molar-refractivity contribution is 0.151. The molecule has 1 saturated carbocycles. The van der Waals surface area contributed by atoms with E-state index in [1.165, 1.54) is 24.1 Å². The van der Waals surface area contributed by atoms with Crippen LogP contribution in [0.5, 0.6) is 0 Å². The molecule has 0 bridgehead atoms. The highest BCUT2D eigenvalue weighted by Crippen LogP contribution is 2.42. The molecule has 17 heavy (non-hydrogen) atoms. The lowest BCUT2D eigenvalue weighted by Crippen LogP contribution is -2.21. The van der Waals surface area contributed by atoms with Crippen molar-refractivity contribution < 1.29 is 5.11 Å². The molecular formula is C14H18BrNO. The lowest BCUT2D eigenvalue weighted by Gasteiger charge is -2.23. The molecule has 1 saturated heterocycles. The zero-order chi connectivity index (χ0) is 11.9. The molecule has 0 unspecified atom stereocenters. The van der Waals surface area contributed by atoms with Gasteiger partial charge in [0.15, 0.2) is 0 Å². The van der Waals surface area contributed by atoms with E-state index in [0.717, 1.165) is 36.8 Å². The van der Waals surface area contributed by atoms with E-state index in [1.807, 2.05) is 0 Å². The van der Waals surface area contributed by atoms with Gasteiger partial charge in [-0.2, -0.15) is 0 Å². The van der Waals surface area contributed by atoms with Gasteiger partial charge in [0, 0.05) is 29.7 Å². The largest absolute Gasteiger partial charge is 0.390 e. The minimum atomic E-state index is -0.418. The van der Waals surface area contributed by atoms with Crippen molar-refractivity contribution in [3.05, 3.63) is 28.2 Å². The van der Waals surface area contributed by atoms with Crippen molar-refractivity contribution in [2.45, 2.75) is 37.7 Å². The standard InChI is InChI=1S/C14H18BrNO/c15-12-4-3-5-13(16-8-1-2-9-16)11(12)10-14(17)6-7-14/h3-5,17H,1-2,6-10H2. The maximum Gasteiger partial charge on any atom is 0.0691 e. The van der Waals surface area contributed by atoms with Crippen molar-refractivity contribution in [2.24, 2.45) is 0 Å². The molecule has 92 valence electrons. The first-order valence-electron chi connectivity index (χ1n) is 6.43. The zero-order valence-electron chi connectivity index (χ0n) is 9.95. The monoisotopic (exact) mass is 295 g/mol. The fourth-order valence-electron chi connectivity index (χ4n) is 2.63. The van der Waals surface area contributed by atoms with Crippen molar-refractivity contribution in [1.29, 1.82) is 0 Å². The molecule has 3 heteroatoms. The summed E-state index contributed by atoms with van der Waals surface area (Å²) in [5.74, 6) is 0. The van der Waals surface area contributed by atoms with Gasteiger partial charge in [-0.25, -0.2) is 0 Å². The lowest BCUT2D eigenvalue weighted by atomic mass is 10.0. The first-order chi connectivity index (χ1) is 8.18. The van der Waals surface area contributed by atoms with Crippen LogP contribution in [0.25, 0.3) is 0 Å². The molecule has 1 aromatic rings. The molecule has 1 heterocycles. The summed E-state index contributed by atoms with van der Waals surface area (Å²) in [6, 6.07) is 6.37. The third-order valence-electron chi connectivity index (χ3n) is 3.87. The second-order valence-electron chi connectivity index (χ2n) is 5.33. The van der Waals surface area contributed by atoms with E-state index in [2.05, 4.69) is 39.0 Å². The average molecular weight is 296 g/mol. The normalized spacial score (nSPS) is 21.9. The van der Waals surface area contributed by atoms with Crippen LogP contribution in [0.4, 0.5) is 5.69 Å². The molecule has 0 aromatic heterocycles. The Labute approximate surface area is 111 Å². The Bertz CT molecular complexity index is 422. The quantitative estimate of drug-likeness (QED) is 0.926. The van der Waals surface area contributed by atoms with Gasteiger partial charge < -0.3 is 10.0 Å². The molecular weight excluding hydrogens is 278 g/mol. The van der Waals surface area contributed by atoms with Crippen LogP contribution >= 0.6 is 15.9 Å². The number of hydrogen-bond acceptors (Lipinski definition) is 2. The first-order valence-corrected chi connectivity index (χ1v) is 7.22. The van der Waals surface area contributed by atoms with Crippen molar-refractivity contribution in [3.63, 3.8) is 0 Å². The molecule has 0 amide bonds. The topological polar surface area (TPSA) is 23.5 Å². The third kappa shape index (κ3) is 2.36. The van der Waals surface area contributed by atoms with Crippen LogP contribution in [-0.2, 0) is 6.42 Å². The molecule has 1 N–H and O–H groups in total. The summed E-state index contributed by atoms with van der Waals surface area (Å²) >= 11 is 3.64. The van der Waals surface area contributed by atoms with Crippen molar-refractivity contribution in [1.82, 2.24) is 0 Å². The minimum absolute atomic E-state index is 0.418. The number of nitrogens with zero attached hydrogens (tertiary/aromatic N) is 1. The van der Waals surface area contributed by atoms with E-state index in [-0.39, 0.29) is 0 Å². The summed E-state index contributed by atoms with van der Waals surface area (Å²) in [5, 5.41) is 10.1. The van der Waals surface area contributed by atoms with Crippen LogP contribution in [0.15, 0.2) is 22.7 Å². The Balaban J connectivity index is 1.92. The van der Waals surface area contributed by atoms with Gasteiger partial charge in [-0.15, -0.1) is 0 Å². The number of anilines is 1. The molecule has 0 spiro atoms. The van der Waals surface area contributed by atoms with E-state index < -0.39 is 5.60 Å². The minimum Gasteiger partial charge on any atom is -0.390 e. The molecule has 1 aliphatic heterocycles. The maximum atomic E-state index is 10.1.